The first-order chi connectivity index (χ1) is 23.2. The molecule has 0 bridgehead atoms. The van der Waals surface area contributed by atoms with E-state index in [1.165, 1.54) is 0 Å². The molecule has 47 heavy (non-hydrogen) atoms. The number of nitrogens with one attached hydrogen (secondary N) is 1. The standard InChI is InChI=1S/C43H35NO2S/c1-2-46-43(45)41(34-23-11-5-12-24-34)42(35-25-13-6-14-26-35)44-39-29-17-15-27-36(39)37-28-16-18-30-40(37)47-31-38(32-19-7-3-8-20-32)33-21-9-4-10-22-33/h3-31,44H,2H2,1H3/b42-41+. The second kappa shape index (κ2) is 15.6. The number of para-hydroxylation sites is 1. The van der Waals surface area contributed by atoms with Crippen LogP contribution in [-0.4, -0.2) is 12.6 Å². The van der Waals surface area contributed by atoms with Gasteiger partial charge in [0, 0.05) is 16.1 Å². The normalized spacial score (nSPS) is 11.3. The Balaban J connectivity index is 1.45. The largest absolute Gasteiger partial charge is 0.462 e. The molecule has 0 spiro atoms. The van der Waals surface area contributed by atoms with Crippen molar-refractivity contribution in [3.05, 3.63) is 198 Å². The summed E-state index contributed by atoms with van der Waals surface area (Å²) in [5.41, 5.74) is 9.31. The quantitative estimate of drug-likeness (QED) is 0.0670. The van der Waals surface area contributed by atoms with Crippen LogP contribution in [-0.2, 0) is 9.53 Å². The average Bonchev–Trinajstić information content (AvgIpc) is 3.14. The summed E-state index contributed by atoms with van der Waals surface area (Å²) in [6.07, 6.45) is 0. The molecule has 0 radical (unpaired) electrons. The van der Waals surface area contributed by atoms with E-state index in [2.05, 4.69) is 95.7 Å². The first kappa shape index (κ1) is 31.4. The van der Waals surface area contributed by atoms with Crippen molar-refractivity contribution in [2.24, 2.45) is 0 Å². The third-order valence-corrected chi connectivity index (χ3v) is 8.66. The number of anilines is 1. The molecule has 0 heterocycles. The van der Waals surface area contributed by atoms with Crippen molar-refractivity contribution >= 4 is 40.3 Å². The van der Waals surface area contributed by atoms with Crippen LogP contribution in [0.1, 0.15) is 29.2 Å². The summed E-state index contributed by atoms with van der Waals surface area (Å²) in [7, 11) is 0. The van der Waals surface area contributed by atoms with Gasteiger partial charge < -0.3 is 10.1 Å². The number of carbonyl (C=O) groups is 1. The smallest absolute Gasteiger partial charge is 0.340 e. The van der Waals surface area contributed by atoms with Crippen molar-refractivity contribution in [1.29, 1.82) is 0 Å². The number of benzene rings is 6. The molecule has 1 N–H and O–H groups in total. The van der Waals surface area contributed by atoms with Gasteiger partial charge >= 0.3 is 5.97 Å². The topological polar surface area (TPSA) is 38.3 Å². The molecule has 0 aliphatic heterocycles. The fourth-order valence-corrected chi connectivity index (χ4v) is 6.45. The van der Waals surface area contributed by atoms with E-state index < -0.39 is 0 Å². The van der Waals surface area contributed by atoms with Gasteiger partial charge in [0.25, 0.3) is 0 Å². The van der Waals surface area contributed by atoms with Gasteiger partial charge in [0.15, 0.2) is 0 Å². The zero-order valence-electron chi connectivity index (χ0n) is 26.2. The molecule has 0 aromatic heterocycles. The minimum absolute atomic E-state index is 0.278. The molecule has 0 aliphatic rings. The lowest BCUT2D eigenvalue weighted by Crippen LogP contribution is -2.13. The van der Waals surface area contributed by atoms with Gasteiger partial charge in [-0.3, -0.25) is 0 Å². The molecule has 0 unspecified atom stereocenters. The van der Waals surface area contributed by atoms with Crippen LogP contribution in [0.15, 0.2) is 180 Å². The maximum atomic E-state index is 13.6. The third-order valence-electron chi connectivity index (χ3n) is 7.69. The highest BCUT2D eigenvalue weighted by molar-refractivity contribution is 8.02. The average molecular weight is 630 g/mol. The molecule has 0 aliphatic carbocycles. The van der Waals surface area contributed by atoms with Crippen molar-refractivity contribution in [3.8, 4) is 11.1 Å². The molecule has 3 nitrogen and oxygen atoms in total. The number of esters is 1. The van der Waals surface area contributed by atoms with E-state index in [0.29, 0.717) is 11.3 Å². The van der Waals surface area contributed by atoms with Crippen molar-refractivity contribution in [2.75, 3.05) is 11.9 Å². The molecule has 0 saturated carbocycles. The van der Waals surface area contributed by atoms with Gasteiger partial charge in [-0.05, 0) is 57.9 Å². The molecule has 0 atom stereocenters. The summed E-state index contributed by atoms with van der Waals surface area (Å²) in [5.74, 6) is -0.377. The van der Waals surface area contributed by atoms with Gasteiger partial charge in [-0.15, -0.1) is 0 Å². The number of carbonyl (C=O) groups excluding carboxylic acids is 1. The van der Waals surface area contributed by atoms with E-state index in [1.54, 1.807) is 11.8 Å². The van der Waals surface area contributed by atoms with Crippen LogP contribution in [0.25, 0.3) is 28.0 Å². The maximum Gasteiger partial charge on any atom is 0.340 e. The number of thioether (sulfide) groups is 1. The van der Waals surface area contributed by atoms with E-state index >= 15 is 0 Å². The maximum absolute atomic E-state index is 13.6. The predicted octanol–water partition coefficient (Wildman–Crippen LogP) is 11.1. The van der Waals surface area contributed by atoms with Crippen molar-refractivity contribution in [3.63, 3.8) is 0 Å². The van der Waals surface area contributed by atoms with E-state index in [-0.39, 0.29) is 12.6 Å². The molecular weight excluding hydrogens is 595 g/mol. The Bertz CT molecular complexity index is 1940. The van der Waals surface area contributed by atoms with Gasteiger partial charge in [-0.2, -0.15) is 0 Å². The Hall–Kier alpha value is -5.58. The fraction of sp³-hybridized carbons (Fsp3) is 0.0465. The summed E-state index contributed by atoms with van der Waals surface area (Å²) in [6, 6.07) is 57.3. The highest BCUT2D eigenvalue weighted by atomic mass is 32.2. The van der Waals surface area contributed by atoms with Crippen LogP contribution in [0, 0.1) is 0 Å². The van der Waals surface area contributed by atoms with E-state index in [1.807, 2.05) is 91.9 Å². The lowest BCUT2D eigenvalue weighted by Gasteiger charge is -2.20. The Kier molecular flexibility index (Phi) is 10.4. The van der Waals surface area contributed by atoms with Crippen LogP contribution in [0.2, 0.25) is 0 Å². The molecule has 6 aromatic rings. The minimum atomic E-state index is -0.377. The number of ether oxygens (including phenoxy) is 1. The lowest BCUT2D eigenvalue weighted by molar-refractivity contribution is -0.136. The highest BCUT2D eigenvalue weighted by Crippen LogP contribution is 2.40. The molecule has 4 heteroatoms. The molecule has 0 amide bonds. The number of hydrogen-bond acceptors (Lipinski definition) is 4. The Morgan fingerprint density at radius 2 is 1.04 bits per heavy atom. The summed E-state index contributed by atoms with van der Waals surface area (Å²) >= 11 is 1.70. The molecule has 0 saturated heterocycles. The first-order valence-electron chi connectivity index (χ1n) is 15.7. The third kappa shape index (κ3) is 7.63. The number of rotatable bonds is 11. The van der Waals surface area contributed by atoms with Gasteiger partial charge in [0.2, 0.25) is 0 Å². The minimum Gasteiger partial charge on any atom is -0.462 e. The van der Waals surface area contributed by atoms with Crippen LogP contribution < -0.4 is 5.32 Å². The van der Waals surface area contributed by atoms with Gasteiger partial charge in [0.05, 0.1) is 17.9 Å². The molecule has 230 valence electrons. The van der Waals surface area contributed by atoms with Crippen LogP contribution in [0.4, 0.5) is 5.69 Å². The summed E-state index contributed by atoms with van der Waals surface area (Å²) in [6.45, 7) is 2.11. The zero-order valence-corrected chi connectivity index (χ0v) is 27.0. The molecule has 6 rings (SSSR count). The Labute approximate surface area is 281 Å². The summed E-state index contributed by atoms with van der Waals surface area (Å²) < 4.78 is 5.61. The second-order valence-electron chi connectivity index (χ2n) is 10.8. The zero-order chi connectivity index (χ0) is 32.3. The lowest BCUT2D eigenvalue weighted by atomic mass is 9.97. The second-order valence-corrected chi connectivity index (χ2v) is 11.7. The van der Waals surface area contributed by atoms with Crippen LogP contribution in [0.5, 0.6) is 0 Å². The molecule has 6 aromatic carbocycles. The van der Waals surface area contributed by atoms with Gasteiger partial charge in [-0.25, -0.2) is 4.79 Å². The first-order valence-corrected chi connectivity index (χ1v) is 16.6. The molecule has 0 fully saturated rings. The van der Waals surface area contributed by atoms with Crippen molar-refractivity contribution in [1.82, 2.24) is 0 Å². The monoisotopic (exact) mass is 629 g/mol. The predicted molar refractivity (Wildman–Crippen MR) is 198 cm³/mol. The number of hydrogen-bond donors (Lipinski definition) is 1. The Morgan fingerprint density at radius 3 is 1.62 bits per heavy atom. The van der Waals surface area contributed by atoms with Gasteiger partial charge in [-0.1, -0.05) is 169 Å². The highest BCUT2D eigenvalue weighted by Gasteiger charge is 2.22. The van der Waals surface area contributed by atoms with Gasteiger partial charge in [0.1, 0.15) is 0 Å². The summed E-state index contributed by atoms with van der Waals surface area (Å²) in [4.78, 5) is 14.7. The van der Waals surface area contributed by atoms with E-state index in [0.717, 1.165) is 49.5 Å². The van der Waals surface area contributed by atoms with Crippen molar-refractivity contribution < 1.29 is 9.53 Å². The molecular formula is C43H35NO2S. The van der Waals surface area contributed by atoms with Crippen LogP contribution >= 0.6 is 11.8 Å². The fourth-order valence-electron chi connectivity index (χ4n) is 5.47. The summed E-state index contributed by atoms with van der Waals surface area (Å²) in [5, 5.41) is 5.94. The van der Waals surface area contributed by atoms with Crippen LogP contribution in [0.3, 0.4) is 0 Å². The van der Waals surface area contributed by atoms with Crippen molar-refractivity contribution in [2.45, 2.75) is 11.8 Å². The SMILES string of the molecule is CCOC(=O)/C(=C(/Nc1ccccc1-c1ccccc1SC=C(c1ccccc1)c1ccccc1)c1ccccc1)c1ccccc1. The van der Waals surface area contributed by atoms with E-state index in [9.17, 15) is 4.79 Å². The van der Waals surface area contributed by atoms with E-state index in [4.69, 9.17) is 4.74 Å². The Morgan fingerprint density at radius 1 is 0.574 bits per heavy atom.